The average molecular weight is 418 g/mol. The van der Waals surface area contributed by atoms with Gasteiger partial charge in [-0.15, -0.1) is 10.2 Å². The summed E-state index contributed by atoms with van der Waals surface area (Å²) in [6.45, 7) is 1.15. The van der Waals surface area contributed by atoms with Gasteiger partial charge in [-0.25, -0.2) is 4.79 Å². The van der Waals surface area contributed by atoms with Gasteiger partial charge < -0.3 is 19.9 Å². The van der Waals surface area contributed by atoms with Gasteiger partial charge in [-0.3, -0.25) is 0 Å². The molecule has 160 valence electrons. The highest BCUT2D eigenvalue weighted by Crippen LogP contribution is 2.23. The number of aromatic nitrogens is 2. The van der Waals surface area contributed by atoms with Gasteiger partial charge in [-0.05, 0) is 17.2 Å². The Morgan fingerprint density at radius 1 is 1.00 bits per heavy atom. The van der Waals surface area contributed by atoms with E-state index in [2.05, 4.69) is 15.5 Å². The van der Waals surface area contributed by atoms with Gasteiger partial charge in [0, 0.05) is 33.1 Å². The third kappa shape index (κ3) is 5.12. The number of nitrogens with zero attached hydrogens (tertiary/aromatic N) is 4. The summed E-state index contributed by atoms with van der Waals surface area (Å²) < 4.78 is 5.95. The molecule has 1 saturated heterocycles. The Balaban J connectivity index is 1.40. The first-order chi connectivity index (χ1) is 15.1. The van der Waals surface area contributed by atoms with Gasteiger partial charge in [0.05, 0.1) is 12.6 Å². The zero-order valence-electron chi connectivity index (χ0n) is 17.8. The predicted molar refractivity (Wildman–Crippen MR) is 120 cm³/mol. The van der Waals surface area contributed by atoms with Crippen LogP contribution in [0, 0.1) is 0 Å². The van der Waals surface area contributed by atoms with Crippen molar-refractivity contribution in [3.63, 3.8) is 0 Å². The van der Waals surface area contributed by atoms with Crippen molar-refractivity contribution >= 4 is 11.8 Å². The number of carbonyl (C=O) groups excluding carboxylic acids is 1. The molecule has 0 aliphatic carbocycles. The van der Waals surface area contributed by atoms with Crippen LogP contribution in [0.1, 0.15) is 23.6 Å². The molecule has 1 aliphatic heterocycles. The second-order valence-corrected chi connectivity index (χ2v) is 7.80. The van der Waals surface area contributed by atoms with E-state index in [9.17, 15) is 4.79 Å². The van der Waals surface area contributed by atoms with Gasteiger partial charge in [0.25, 0.3) is 0 Å². The maximum absolute atomic E-state index is 13.0. The van der Waals surface area contributed by atoms with Gasteiger partial charge in [-0.2, -0.15) is 0 Å². The third-order valence-electron chi connectivity index (χ3n) is 5.34. The minimum absolute atomic E-state index is 0.0992. The van der Waals surface area contributed by atoms with Crippen LogP contribution >= 0.6 is 0 Å². The quantitative estimate of drug-likeness (QED) is 0.665. The van der Waals surface area contributed by atoms with Crippen molar-refractivity contribution in [2.45, 2.75) is 18.6 Å². The Morgan fingerprint density at radius 3 is 2.19 bits per heavy atom. The number of likely N-dealkylation sites (tertiary alicyclic amines) is 1. The van der Waals surface area contributed by atoms with Gasteiger partial charge in [0.2, 0.25) is 5.88 Å². The van der Waals surface area contributed by atoms with Crippen LogP contribution in [0.15, 0.2) is 72.8 Å². The lowest BCUT2D eigenvalue weighted by molar-refractivity contribution is 0.181. The first-order valence-electron chi connectivity index (χ1n) is 10.4. The molecule has 0 saturated carbocycles. The lowest BCUT2D eigenvalue weighted by Crippen LogP contribution is -2.41. The van der Waals surface area contributed by atoms with Crippen molar-refractivity contribution in [2.75, 3.05) is 32.1 Å². The summed E-state index contributed by atoms with van der Waals surface area (Å²) in [7, 11) is 3.83. The van der Waals surface area contributed by atoms with Crippen molar-refractivity contribution in [2.24, 2.45) is 0 Å². The highest BCUT2D eigenvalue weighted by Gasteiger charge is 2.29. The van der Waals surface area contributed by atoms with E-state index in [1.165, 1.54) is 0 Å². The number of hydrogen-bond donors (Lipinski definition) is 1. The summed E-state index contributed by atoms with van der Waals surface area (Å²) in [5.74, 6) is 1.25. The maximum atomic E-state index is 13.0. The number of rotatable bonds is 6. The molecule has 1 aliphatic rings. The summed E-state index contributed by atoms with van der Waals surface area (Å²) in [5.41, 5.74) is 2.09. The van der Waals surface area contributed by atoms with Crippen LogP contribution in [0.25, 0.3) is 0 Å². The fourth-order valence-corrected chi connectivity index (χ4v) is 3.66. The monoisotopic (exact) mass is 417 g/mol. The normalized spacial score (nSPS) is 15.7. The number of nitrogens with one attached hydrogen (secondary N) is 1. The minimum atomic E-state index is -0.209. The van der Waals surface area contributed by atoms with E-state index >= 15 is 0 Å². The van der Waals surface area contributed by atoms with E-state index in [-0.39, 0.29) is 18.2 Å². The standard InChI is InChI=1S/C24H27N5O2/c1-28(2)21-13-14-22(27-26-21)31-20-15-16-29(17-20)24(30)25-23(18-9-5-3-6-10-18)19-11-7-4-8-12-19/h3-14,20,23H,15-17H2,1-2H3,(H,25,30). The molecule has 3 aromatic rings. The van der Waals surface area contributed by atoms with E-state index in [0.717, 1.165) is 23.4 Å². The van der Waals surface area contributed by atoms with E-state index in [1.807, 2.05) is 91.8 Å². The van der Waals surface area contributed by atoms with E-state index in [4.69, 9.17) is 4.74 Å². The Bertz CT molecular complexity index is 940. The summed E-state index contributed by atoms with van der Waals surface area (Å²) in [6, 6.07) is 23.4. The molecule has 7 nitrogen and oxygen atoms in total. The zero-order chi connectivity index (χ0) is 21.6. The van der Waals surface area contributed by atoms with E-state index in [0.29, 0.717) is 19.0 Å². The Labute approximate surface area is 182 Å². The molecular weight excluding hydrogens is 390 g/mol. The number of benzene rings is 2. The number of ether oxygens (including phenoxy) is 1. The topological polar surface area (TPSA) is 70.6 Å². The smallest absolute Gasteiger partial charge is 0.318 e. The molecule has 0 bridgehead atoms. The van der Waals surface area contributed by atoms with Crippen LogP contribution in [0.4, 0.5) is 10.6 Å². The summed E-state index contributed by atoms with van der Waals surface area (Å²) in [4.78, 5) is 16.7. The van der Waals surface area contributed by atoms with Gasteiger partial charge in [-0.1, -0.05) is 60.7 Å². The first-order valence-corrected chi connectivity index (χ1v) is 10.4. The molecule has 2 heterocycles. The Kier molecular flexibility index (Phi) is 6.31. The molecule has 1 fully saturated rings. The second kappa shape index (κ2) is 9.47. The van der Waals surface area contributed by atoms with Crippen LogP contribution in [0.2, 0.25) is 0 Å². The van der Waals surface area contributed by atoms with Crippen molar-refractivity contribution in [1.82, 2.24) is 20.4 Å². The van der Waals surface area contributed by atoms with Crippen LogP contribution in [0.5, 0.6) is 5.88 Å². The lowest BCUT2D eigenvalue weighted by Gasteiger charge is -2.24. The van der Waals surface area contributed by atoms with Gasteiger partial charge in [0.15, 0.2) is 5.82 Å². The van der Waals surface area contributed by atoms with Crippen molar-refractivity contribution in [3.8, 4) is 5.88 Å². The molecular formula is C24H27N5O2. The largest absolute Gasteiger partial charge is 0.471 e. The molecule has 1 N–H and O–H groups in total. The molecule has 1 unspecified atom stereocenters. The number of amides is 2. The highest BCUT2D eigenvalue weighted by molar-refractivity contribution is 5.75. The predicted octanol–water partition coefficient (Wildman–Crippen LogP) is 3.49. The highest BCUT2D eigenvalue weighted by atomic mass is 16.5. The average Bonchev–Trinajstić information content (AvgIpc) is 3.27. The zero-order valence-corrected chi connectivity index (χ0v) is 17.8. The molecule has 4 rings (SSSR count). The third-order valence-corrected chi connectivity index (χ3v) is 5.34. The number of carbonyl (C=O) groups is 1. The number of urea groups is 1. The molecule has 1 atom stereocenters. The van der Waals surface area contributed by atoms with E-state index < -0.39 is 0 Å². The Morgan fingerprint density at radius 2 is 1.65 bits per heavy atom. The molecule has 31 heavy (non-hydrogen) atoms. The van der Waals surface area contributed by atoms with Crippen LogP contribution in [0.3, 0.4) is 0 Å². The summed E-state index contributed by atoms with van der Waals surface area (Å²) in [6.07, 6.45) is 0.656. The van der Waals surface area contributed by atoms with Crippen molar-refractivity contribution in [3.05, 3.63) is 83.9 Å². The molecule has 0 spiro atoms. The number of hydrogen-bond acceptors (Lipinski definition) is 5. The molecule has 2 amide bonds. The SMILES string of the molecule is CN(C)c1ccc(OC2CCN(C(=O)NC(c3ccccc3)c3ccccc3)C2)nn1. The van der Waals surface area contributed by atoms with Crippen LogP contribution in [-0.4, -0.2) is 54.4 Å². The fraction of sp³-hybridized carbons (Fsp3) is 0.292. The summed E-state index contributed by atoms with van der Waals surface area (Å²) >= 11 is 0. The van der Waals surface area contributed by atoms with Crippen molar-refractivity contribution in [1.29, 1.82) is 0 Å². The lowest BCUT2D eigenvalue weighted by atomic mass is 9.99. The number of anilines is 1. The van der Waals surface area contributed by atoms with Crippen molar-refractivity contribution < 1.29 is 9.53 Å². The first kappa shape index (κ1) is 20.7. The molecule has 1 aromatic heterocycles. The Hall–Kier alpha value is -3.61. The molecule has 7 heteroatoms. The fourth-order valence-electron chi connectivity index (χ4n) is 3.66. The second-order valence-electron chi connectivity index (χ2n) is 7.80. The van der Waals surface area contributed by atoms with Crippen LogP contribution < -0.4 is 15.0 Å². The summed E-state index contributed by atoms with van der Waals surface area (Å²) in [5, 5.41) is 11.5. The van der Waals surface area contributed by atoms with Gasteiger partial charge in [0.1, 0.15) is 6.10 Å². The van der Waals surface area contributed by atoms with Gasteiger partial charge >= 0.3 is 6.03 Å². The molecule has 2 aromatic carbocycles. The molecule has 0 radical (unpaired) electrons. The van der Waals surface area contributed by atoms with E-state index in [1.54, 1.807) is 4.90 Å². The maximum Gasteiger partial charge on any atom is 0.318 e. The van der Waals surface area contributed by atoms with Crippen LogP contribution in [-0.2, 0) is 0 Å². The minimum Gasteiger partial charge on any atom is -0.471 e.